The van der Waals surface area contributed by atoms with E-state index in [0.717, 1.165) is 43.7 Å². The van der Waals surface area contributed by atoms with Crippen molar-refractivity contribution in [3.8, 4) is 5.75 Å². The standard InChI is InChI=1S/C34H47F3N2O5/c1-5-6-19-44-29-16-15-26(21-28(29)34(35,36)37)39-32(43)27(23-11-13-25(14-12-23)33(2,3)4)20-22-7-9-24(10-8-22)31(42)38-18-17-30(40)41/h7-10,15-16,21,23,25,27,30,40-41H,5-6,11-14,17-20H2,1-4H3,(H,38,42)(H,39,43). The van der Waals surface area contributed by atoms with E-state index in [1.807, 2.05) is 6.92 Å². The lowest BCUT2D eigenvalue weighted by Gasteiger charge is -2.39. The van der Waals surface area contributed by atoms with Crippen LogP contribution in [0.3, 0.4) is 0 Å². The number of aliphatic hydroxyl groups excluding tert-OH is 1. The molecule has 1 aliphatic rings. The normalized spacial score (nSPS) is 18.1. The fraction of sp³-hybridized carbons (Fsp3) is 0.588. The number of hydrogen-bond acceptors (Lipinski definition) is 5. The molecular weight excluding hydrogens is 573 g/mol. The van der Waals surface area contributed by atoms with E-state index in [1.54, 1.807) is 24.3 Å². The second-order valence-electron chi connectivity index (χ2n) is 12.9. The molecule has 0 radical (unpaired) electrons. The maximum atomic E-state index is 13.9. The highest BCUT2D eigenvalue weighted by molar-refractivity contribution is 5.94. The summed E-state index contributed by atoms with van der Waals surface area (Å²) in [5, 5.41) is 23.3. The molecule has 244 valence electrons. The first-order valence-corrected chi connectivity index (χ1v) is 15.6. The molecule has 7 nitrogen and oxygen atoms in total. The number of halogens is 3. The second kappa shape index (κ2) is 15.8. The van der Waals surface area contributed by atoms with E-state index >= 15 is 0 Å². The molecular formula is C34H47F3N2O5. The summed E-state index contributed by atoms with van der Waals surface area (Å²) >= 11 is 0. The van der Waals surface area contributed by atoms with Gasteiger partial charge in [0, 0.05) is 30.1 Å². The van der Waals surface area contributed by atoms with Gasteiger partial charge >= 0.3 is 6.18 Å². The predicted molar refractivity (Wildman–Crippen MR) is 164 cm³/mol. The smallest absolute Gasteiger partial charge is 0.420 e. The lowest BCUT2D eigenvalue weighted by Crippen LogP contribution is -2.35. The van der Waals surface area contributed by atoms with E-state index in [0.29, 0.717) is 24.3 Å². The van der Waals surface area contributed by atoms with E-state index in [9.17, 15) is 22.8 Å². The van der Waals surface area contributed by atoms with E-state index in [1.165, 1.54) is 12.1 Å². The van der Waals surface area contributed by atoms with Crippen LogP contribution < -0.4 is 15.4 Å². The predicted octanol–water partition coefficient (Wildman–Crippen LogP) is 6.96. The second-order valence-corrected chi connectivity index (χ2v) is 12.9. The first-order valence-electron chi connectivity index (χ1n) is 15.6. The number of unbranched alkanes of at least 4 members (excludes halogenated alkanes) is 1. The number of carbonyl (C=O) groups is 2. The summed E-state index contributed by atoms with van der Waals surface area (Å²) in [6, 6.07) is 10.5. The fourth-order valence-electron chi connectivity index (χ4n) is 5.84. The van der Waals surface area contributed by atoms with Crippen LogP contribution in [0.4, 0.5) is 18.9 Å². The summed E-state index contributed by atoms with van der Waals surface area (Å²) in [5.41, 5.74) is 0.535. The van der Waals surface area contributed by atoms with Gasteiger partial charge in [0.25, 0.3) is 5.91 Å². The fourth-order valence-corrected chi connectivity index (χ4v) is 5.84. The van der Waals surface area contributed by atoms with Gasteiger partial charge in [-0.15, -0.1) is 0 Å². The van der Waals surface area contributed by atoms with Gasteiger partial charge in [-0.3, -0.25) is 9.59 Å². The molecule has 0 aliphatic heterocycles. The minimum atomic E-state index is -4.64. The number of nitrogens with one attached hydrogen (secondary N) is 2. The summed E-state index contributed by atoms with van der Waals surface area (Å²) in [4.78, 5) is 26.2. The molecule has 2 aromatic rings. The van der Waals surface area contributed by atoms with Gasteiger partial charge in [0.15, 0.2) is 6.29 Å². The molecule has 1 saturated carbocycles. The summed E-state index contributed by atoms with van der Waals surface area (Å²) in [6.45, 7) is 8.88. The van der Waals surface area contributed by atoms with Gasteiger partial charge in [-0.2, -0.15) is 13.2 Å². The molecule has 44 heavy (non-hydrogen) atoms. The Kier molecular flexibility index (Phi) is 12.7. The van der Waals surface area contributed by atoms with Crippen molar-refractivity contribution in [3.63, 3.8) is 0 Å². The Morgan fingerprint density at radius 1 is 1.00 bits per heavy atom. The monoisotopic (exact) mass is 620 g/mol. The molecule has 0 saturated heterocycles. The lowest BCUT2D eigenvalue weighted by atomic mass is 9.66. The van der Waals surface area contributed by atoms with Crippen LogP contribution in [0.25, 0.3) is 0 Å². The maximum absolute atomic E-state index is 13.9. The number of benzene rings is 2. The molecule has 0 bridgehead atoms. The topological polar surface area (TPSA) is 108 Å². The van der Waals surface area contributed by atoms with Crippen molar-refractivity contribution in [2.45, 2.75) is 91.5 Å². The number of anilines is 1. The van der Waals surface area contributed by atoms with Crippen LogP contribution in [0.15, 0.2) is 42.5 Å². The highest BCUT2D eigenvalue weighted by Crippen LogP contribution is 2.43. The summed E-state index contributed by atoms with van der Waals surface area (Å²) in [6.07, 6.45) is -0.700. The number of aliphatic hydroxyl groups is 2. The van der Waals surface area contributed by atoms with Crippen molar-refractivity contribution in [3.05, 3.63) is 59.2 Å². The molecule has 2 amide bonds. The zero-order valence-corrected chi connectivity index (χ0v) is 26.2. The molecule has 0 aromatic heterocycles. The molecule has 1 unspecified atom stereocenters. The third-order valence-corrected chi connectivity index (χ3v) is 8.57. The Balaban J connectivity index is 1.80. The molecule has 0 spiro atoms. The lowest BCUT2D eigenvalue weighted by molar-refractivity contribution is -0.139. The molecule has 4 N–H and O–H groups in total. The van der Waals surface area contributed by atoms with E-state index in [4.69, 9.17) is 14.9 Å². The highest BCUT2D eigenvalue weighted by Gasteiger charge is 2.37. The molecule has 10 heteroatoms. The van der Waals surface area contributed by atoms with Gasteiger partial charge in [0.2, 0.25) is 5.91 Å². The molecule has 0 heterocycles. The zero-order chi connectivity index (χ0) is 32.5. The van der Waals surface area contributed by atoms with Crippen LogP contribution >= 0.6 is 0 Å². The quantitative estimate of drug-likeness (QED) is 0.143. The first kappa shape index (κ1) is 35.4. The Labute approximate surface area is 258 Å². The van der Waals surface area contributed by atoms with Crippen molar-refractivity contribution in [2.24, 2.45) is 23.2 Å². The Hall–Kier alpha value is -3.11. The van der Waals surface area contributed by atoms with Crippen LogP contribution in [0, 0.1) is 23.2 Å². The van der Waals surface area contributed by atoms with E-state index < -0.39 is 23.9 Å². The number of carbonyl (C=O) groups excluding carboxylic acids is 2. The molecule has 1 aliphatic carbocycles. The van der Waals surface area contributed by atoms with Crippen molar-refractivity contribution < 1.29 is 37.7 Å². The Morgan fingerprint density at radius 3 is 2.23 bits per heavy atom. The summed E-state index contributed by atoms with van der Waals surface area (Å²) in [7, 11) is 0. The van der Waals surface area contributed by atoms with Crippen LogP contribution in [0.1, 0.15) is 94.1 Å². The van der Waals surface area contributed by atoms with Gasteiger partial charge in [-0.25, -0.2) is 0 Å². The number of rotatable bonds is 13. The van der Waals surface area contributed by atoms with Crippen molar-refractivity contribution in [2.75, 3.05) is 18.5 Å². The van der Waals surface area contributed by atoms with E-state index in [-0.39, 0.29) is 54.2 Å². The number of alkyl halides is 3. The number of ether oxygens (including phenoxy) is 1. The van der Waals surface area contributed by atoms with Crippen molar-refractivity contribution in [1.82, 2.24) is 5.32 Å². The SMILES string of the molecule is CCCCOc1ccc(NC(=O)C(Cc2ccc(C(=O)NCCC(O)O)cc2)C2CCC(C(C)(C)C)CC2)cc1C(F)(F)F. The van der Waals surface area contributed by atoms with Crippen molar-refractivity contribution >= 4 is 17.5 Å². The van der Waals surface area contributed by atoms with Crippen LogP contribution in [-0.4, -0.2) is 41.5 Å². The van der Waals surface area contributed by atoms with E-state index in [2.05, 4.69) is 31.4 Å². The van der Waals surface area contributed by atoms with Crippen LogP contribution in [0.2, 0.25) is 0 Å². The first-order chi connectivity index (χ1) is 20.7. The largest absolute Gasteiger partial charge is 0.493 e. The van der Waals surface area contributed by atoms with Gasteiger partial charge in [0.1, 0.15) is 5.75 Å². The molecule has 1 fully saturated rings. The van der Waals surface area contributed by atoms with Gasteiger partial charge in [-0.1, -0.05) is 46.2 Å². The minimum absolute atomic E-state index is 0.0111. The number of amides is 2. The third-order valence-electron chi connectivity index (χ3n) is 8.57. The molecule has 2 aromatic carbocycles. The zero-order valence-electron chi connectivity index (χ0n) is 26.2. The minimum Gasteiger partial charge on any atom is -0.493 e. The molecule has 3 rings (SSSR count). The maximum Gasteiger partial charge on any atom is 0.420 e. The van der Waals surface area contributed by atoms with Gasteiger partial charge in [-0.05, 0) is 91.7 Å². The Bertz CT molecular complexity index is 1220. The average Bonchev–Trinajstić information content (AvgIpc) is 2.95. The van der Waals surface area contributed by atoms with Crippen molar-refractivity contribution in [1.29, 1.82) is 0 Å². The Morgan fingerprint density at radius 2 is 1.66 bits per heavy atom. The average molecular weight is 621 g/mol. The number of hydrogen-bond donors (Lipinski definition) is 4. The highest BCUT2D eigenvalue weighted by atomic mass is 19.4. The summed E-state index contributed by atoms with van der Waals surface area (Å²) in [5.74, 6) is -0.827. The molecule has 1 atom stereocenters. The third kappa shape index (κ3) is 10.5. The summed E-state index contributed by atoms with van der Waals surface area (Å²) < 4.78 is 47.1. The van der Waals surface area contributed by atoms with Gasteiger partial charge in [0.05, 0.1) is 12.2 Å². The van der Waals surface area contributed by atoms with Gasteiger partial charge < -0.3 is 25.6 Å². The van der Waals surface area contributed by atoms with Crippen LogP contribution in [0.5, 0.6) is 5.75 Å². The van der Waals surface area contributed by atoms with Crippen LogP contribution in [-0.2, 0) is 17.4 Å².